The van der Waals surface area contributed by atoms with E-state index in [9.17, 15) is 19.8 Å². The third-order valence-corrected chi connectivity index (χ3v) is 11.2. The second kappa shape index (κ2) is 18.1. The molecule has 4 N–H and O–H groups in total. The monoisotopic (exact) mass is 856 g/mol. The van der Waals surface area contributed by atoms with E-state index >= 15 is 0 Å². The van der Waals surface area contributed by atoms with E-state index in [1.807, 2.05) is 86.6 Å². The van der Waals surface area contributed by atoms with Crippen molar-refractivity contribution in [3.63, 3.8) is 0 Å². The normalized spacial score (nSPS) is 11.5. The zero-order valence-corrected chi connectivity index (χ0v) is 35.0. The van der Waals surface area contributed by atoms with Crippen molar-refractivity contribution in [3.05, 3.63) is 178 Å². The second-order valence-corrected chi connectivity index (χ2v) is 15.1. The number of phenolic OH excluding ortho intramolecular Hbond substituents is 2. The molecular weight excluding hydrogens is 819 g/mol. The molecule has 0 saturated heterocycles. The SMILES string of the molecule is CCc1c(Cl)cccc1N=Nc1c(O)c(C(=O)Nc2ccc(-c3ccc(NC(=O)c4cc5ccccc5c(N=Nc5cccc(Cl)c5CC)c4O)cc3)cc2)cc2ccccc12. The van der Waals surface area contributed by atoms with Crippen LogP contribution in [-0.4, -0.2) is 22.0 Å². The van der Waals surface area contributed by atoms with Crippen LogP contribution >= 0.6 is 23.2 Å². The Morgan fingerprint density at radius 3 is 1.27 bits per heavy atom. The molecule has 0 unspecified atom stereocenters. The van der Waals surface area contributed by atoms with Crippen LogP contribution in [0, 0.1) is 0 Å². The fourth-order valence-corrected chi connectivity index (χ4v) is 7.87. The predicted molar refractivity (Wildman–Crippen MR) is 249 cm³/mol. The highest BCUT2D eigenvalue weighted by atomic mass is 35.5. The number of halogens is 2. The molecule has 0 heterocycles. The number of azo groups is 2. The summed E-state index contributed by atoms with van der Waals surface area (Å²) in [5.74, 6) is -1.63. The van der Waals surface area contributed by atoms with Crippen LogP contribution in [0.1, 0.15) is 45.7 Å². The van der Waals surface area contributed by atoms with Gasteiger partial charge in [0.05, 0.1) is 22.5 Å². The molecule has 0 aliphatic rings. The Morgan fingerprint density at radius 1 is 0.500 bits per heavy atom. The van der Waals surface area contributed by atoms with Crippen molar-refractivity contribution >= 4 is 90.7 Å². The third kappa shape index (κ3) is 8.47. The molecule has 0 fully saturated rings. The van der Waals surface area contributed by atoms with Gasteiger partial charge in [-0.1, -0.05) is 122 Å². The topological polar surface area (TPSA) is 148 Å². The first-order valence-electron chi connectivity index (χ1n) is 19.8. The number of phenols is 2. The van der Waals surface area contributed by atoms with Crippen LogP contribution in [0.3, 0.4) is 0 Å². The summed E-state index contributed by atoms with van der Waals surface area (Å²) in [6.45, 7) is 3.95. The molecule has 0 radical (unpaired) electrons. The van der Waals surface area contributed by atoms with Gasteiger partial charge in [-0.3, -0.25) is 9.59 Å². The first-order valence-corrected chi connectivity index (χ1v) is 20.6. The van der Waals surface area contributed by atoms with Crippen molar-refractivity contribution in [1.29, 1.82) is 0 Å². The number of benzene rings is 8. The summed E-state index contributed by atoms with van der Waals surface area (Å²) in [6.07, 6.45) is 1.29. The van der Waals surface area contributed by atoms with Gasteiger partial charge in [0.15, 0.2) is 11.5 Å². The molecule has 0 bridgehead atoms. The van der Waals surface area contributed by atoms with Crippen molar-refractivity contribution in [3.8, 4) is 22.6 Å². The van der Waals surface area contributed by atoms with E-state index in [0.717, 1.165) is 22.3 Å². The molecule has 8 rings (SSSR count). The largest absolute Gasteiger partial charge is 0.505 e. The number of rotatable bonds is 11. The highest BCUT2D eigenvalue weighted by Crippen LogP contribution is 2.42. The van der Waals surface area contributed by atoms with Gasteiger partial charge in [-0.2, -0.15) is 10.2 Å². The molecule has 12 heteroatoms. The lowest BCUT2D eigenvalue weighted by molar-refractivity contribution is 0.101. The van der Waals surface area contributed by atoms with E-state index in [2.05, 4.69) is 31.1 Å². The first kappa shape index (κ1) is 41.3. The summed E-state index contributed by atoms with van der Waals surface area (Å²) in [6, 6.07) is 43.2. The van der Waals surface area contributed by atoms with E-state index in [0.29, 0.717) is 67.2 Å². The third-order valence-electron chi connectivity index (χ3n) is 10.5. The maximum absolute atomic E-state index is 13.6. The van der Waals surface area contributed by atoms with Crippen molar-refractivity contribution in [2.45, 2.75) is 26.7 Å². The summed E-state index contributed by atoms with van der Waals surface area (Å²) in [7, 11) is 0. The van der Waals surface area contributed by atoms with Gasteiger partial charge in [-0.15, -0.1) is 10.2 Å². The van der Waals surface area contributed by atoms with Crippen LogP contribution in [0.25, 0.3) is 32.7 Å². The van der Waals surface area contributed by atoms with Gasteiger partial charge in [0.25, 0.3) is 11.8 Å². The number of nitrogens with one attached hydrogen (secondary N) is 2. The van der Waals surface area contributed by atoms with Crippen LogP contribution in [-0.2, 0) is 12.8 Å². The van der Waals surface area contributed by atoms with E-state index < -0.39 is 11.8 Å². The van der Waals surface area contributed by atoms with E-state index in [-0.39, 0.29) is 34.0 Å². The Balaban J connectivity index is 0.981. The van der Waals surface area contributed by atoms with E-state index in [4.69, 9.17) is 23.2 Å². The number of hydrogen-bond acceptors (Lipinski definition) is 8. The molecular formula is C50H38Cl2N6O4. The van der Waals surface area contributed by atoms with Gasteiger partial charge in [0.2, 0.25) is 0 Å². The number of carbonyl (C=O) groups excluding carboxylic acids is 2. The maximum atomic E-state index is 13.6. The lowest BCUT2D eigenvalue weighted by atomic mass is 10.0. The quantitative estimate of drug-likeness (QED) is 0.0958. The number of fused-ring (bicyclic) bond motifs is 2. The highest BCUT2D eigenvalue weighted by molar-refractivity contribution is 6.32. The van der Waals surface area contributed by atoms with Gasteiger partial charge in [0.1, 0.15) is 11.4 Å². The van der Waals surface area contributed by atoms with Crippen molar-refractivity contribution in [2.24, 2.45) is 20.5 Å². The first-order chi connectivity index (χ1) is 30.1. The molecule has 8 aromatic rings. The lowest BCUT2D eigenvalue weighted by Gasteiger charge is -2.12. The fraction of sp³-hybridized carbons (Fsp3) is 0.0800. The molecule has 0 spiro atoms. The fourth-order valence-electron chi connectivity index (χ4n) is 7.26. The summed E-state index contributed by atoms with van der Waals surface area (Å²) in [5.41, 5.74) is 5.99. The number of hydrogen-bond donors (Lipinski definition) is 4. The summed E-state index contributed by atoms with van der Waals surface area (Å²) >= 11 is 12.8. The lowest BCUT2D eigenvalue weighted by Crippen LogP contribution is -2.12. The average molecular weight is 858 g/mol. The van der Waals surface area contributed by atoms with Gasteiger partial charge in [-0.05, 0) is 107 Å². The predicted octanol–water partition coefficient (Wildman–Crippen LogP) is 14.8. The maximum Gasteiger partial charge on any atom is 0.259 e. The van der Waals surface area contributed by atoms with Crippen LogP contribution in [0.15, 0.2) is 166 Å². The molecule has 10 nitrogen and oxygen atoms in total. The minimum absolute atomic E-state index is 0.0434. The van der Waals surface area contributed by atoms with Crippen LogP contribution in [0.4, 0.5) is 34.1 Å². The Labute approximate surface area is 367 Å². The smallest absolute Gasteiger partial charge is 0.259 e. The standard InChI is InChI=1S/C50H38Cl2N6O4/c1-3-35-41(51)15-9-17-43(35)55-57-45-37-13-7-5-11-31(37)27-39(47(45)59)49(61)53-33-23-19-29(20-24-33)30-21-25-34(26-22-30)54-50(62)40-28-32-12-6-8-14-38(32)46(48(40)60)58-56-44-18-10-16-42(52)36(44)4-2/h5-28,59-60H,3-4H2,1-2H3,(H,53,61)(H,54,62). The van der Waals surface area contributed by atoms with Crippen molar-refractivity contribution in [1.82, 2.24) is 0 Å². The summed E-state index contributed by atoms with van der Waals surface area (Å²) in [4.78, 5) is 27.3. The second-order valence-electron chi connectivity index (χ2n) is 14.3. The number of nitrogens with zero attached hydrogens (tertiary/aromatic N) is 4. The number of amides is 2. The molecule has 0 aliphatic heterocycles. The van der Waals surface area contributed by atoms with Gasteiger partial charge in [0, 0.05) is 32.2 Å². The zero-order chi connectivity index (χ0) is 43.3. The molecule has 306 valence electrons. The van der Waals surface area contributed by atoms with E-state index in [1.54, 1.807) is 72.8 Å². The molecule has 0 aliphatic carbocycles. The minimum atomic E-state index is -0.520. The van der Waals surface area contributed by atoms with Gasteiger partial charge >= 0.3 is 0 Å². The van der Waals surface area contributed by atoms with Crippen molar-refractivity contribution in [2.75, 3.05) is 10.6 Å². The molecule has 0 aromatic heterocycles. The minimum Gasteiger partial charge on any atom is -0.505 e. The zero-order valence-electron chi connectivity index (χ0n) is 33.5. The molecule has 0 saturated carbocycles. The van der Waals surface area contributed by atoms with Crippen LogP contribution < -0.4 is 10.6 Å². The Kier molecular flexibility index (Phi) is 12.0. The van der Waals surface area contributed by atoms with Crippen molar-refractivity contribution < 1.29 is 19.8 Å². The Bertz CT molecular complexity index is 2870. The highest BCUT2D eigenvalue weighted by Gasteiger charge is 2.21. The van der Waals surface area contributed by atoms with Gasteiger partial charge < -0.3 is 20.8 Å². The Hall–Kier alpha value is -7.40. The number of carbonyl (C=O) groups is 2. The number of aromatic hydroxyl groups is 2. The average Bonchev–Trinajstić information content (AvgIpc) is 3.28. The summed E-state index contributed by atoms with van der Waals surface area (Å²) in [5, 5.41) is 50.1. The Morgan fingerprint density at radius 2 is 0.887 bits per heavy atom. The summed E-state index contributed by atoms with van der Waals surface area (Å²) < 4.78 is 0. The van der Waals surface area contributed by atoms with E-state index in [1.165, 1.54) is 0 Å². The van der Waals surface area contributed by atoms with Gasteiger partial charge in [-0.25, -0.2) is 0 Å². The van der Waals surface area contributed by atoms with Crippen LogP contribution in [0.5, 0.6) is 11.5 Å². The van der Waals surface area contributed by atoms with Crippen LogP contribution in [0.2, 0.25) is 10.0 Å². The number of anilines is 2. The molecule has 62 heavy (non-hydrogen) atoms. The molecule has 0 atom stereocenters. The molecule has 8 aromatic carbocycles. The molecule has 2 amide bonds.